The van der Waals surface area contributed by atoms with Gasteiger partial charge in [-0.15, -0.1) is 0 Å². The molecule has 0 N–H and O–H groups in total. The highest BCUT2D eigenvalue weighted by atomic mass is 16.5. The van der Waals surface area contributed by atoms with Crippen molar-refractivity contribution in [1.29, 1.82) is 0 Å². The summed E-state index contributed by atoms with van der Waals surface area (Å²) in [5.74, 6) is -0.635. The molecule has 24 heavy (non-hydrogen) atoms. The first-order valence-corrected chi connectivity index (χ1v) is 9.13. The first-order valence-electron chi connectivity index (χ1n) is 9.13. The lowest BCUT2D eigenvalue weighted by Gasteiger charge is -2.10. The Balaban J connectivity index is 0. The van der Waals surface area contributed by atoms with E-state index in [1.807, 2.05) is 6.92 Å². The van der Waals surface area contributed by atoms with Crippen LogP contribution in [0.5, 0.6) is 0 Å². The number of unbranched alkanes of at least 4 members (excludes halogenated alkanes) is 6. The number of hydrogen-bond donors (Lipinski definition) is 0. The molecule has 4 heteroatoms. The van der Waals surface area contributed by atoms with E-state index in [4.69, 9.17) is 9.47 Å². The second kappa shape index (κ2) is 19.5. The van der Waals surface area contributed by atoms with Crippen LogP contribution in [0.25, 0.3) is 0 Å². The van der Waals surface area contributed by atoms with Crippen LogP contribution >= 0.6 is 0 Å². The van der Waals surface area contributed by atoms with Gasteiger partial charge in [-0.25, -0.2) is 9.59 Å². The lowest BCUT2D eigenvalue weighted by atomic mass is 10.1. The Morgan fingerprint density at radius 2 is 1.42 bits per heavy atom. The van der Waals surface area contributed by atoms with E-state index in [9.17, 15) is 9.59 Å². The molecule has 0 bridgehead atoms. The predicted molar refractivity (Wildman–Crippen MR) is 99.8 cm³/mol. The Morgan fingerprint density at radius 3 is 1.96 bits per heavy atom. The number of carbonyl (C=O) groups excluding carboxylic acids is 2. The molecule has 1 atom stereocenters. The summed E-state index contributed by atoms with van der Waals surface area (Å²) >= 11 is 0. The second-order valence-corrected chi connectivity index (χ2v) is 5.73. The van der Waals surface area contributed by atoms with E-state index >= 15 is 0 Å². The largest absolute Gasteiger partial charge is 0.463 e. The first kappa shape index (κ1) is 24.7. The summed E-state index contributed by atoms with van der Waals surface area (Å²) in [6.07, 6.45) is 12.8. The van der Waals surface area contributed by atoms with E-state index in [2.05, 4.69) is 27.0 Å². The van der Waals surface area contributed by atoms with E-state index in [0.29, 0.717) is 6.61 Å². The van der Waals surface area contributed by atoms with Gasteiger partial charge in [0.15, 0.2) is 0 Å². The van der Waals surface area contributed by atoms with Crippen LogP contribution in [0.3, 0.4) is 0 Å². The van der Waals surface area contributed by atoms with Gasteiger partial charge in [-0.3, -0.25) is 0 Å². The normalized spacial score (nSPS) is 10.8. The average Bonchev–Trinajstić information content (AvgIpc) is 2.58. The van der Waals surface area contributed by atoms with Gasteiger partial charge in [0, 0.05) is 12.2 Å². The molecule has 0 aliphatic heterocycles. The van der Waals surface area contributed by atoms with Crippen molar-refractivity contribution in [1.82, 2.24) is 0 Å². The Labute approximate surface area is 148 Å². The molecule has 0 saturated heterocycles. The minimum atomic E-state index is -0.320. The third-order valence-corrected chi connectivity index (χ3v) is 3.36. The highest BCUT2D eigenvalue weighted by Gasteiger charge is 2.04. The molecule has 0 spiro atoms. The molecule has 0 aliphatic rings. The summed E-state index contributed by atoms with van der Waals surface area (Å²) in [5.41, 5.74) is 0. The van der Waals surface area contributed by atoms with Crippen LogP contribution < -0.4 is 0 Å². The SMILES string of the molecule is C=CC(=O)OC(C)CCCCC.C=CC(=O)OCCCCCCC. The van der Waals surface area contributed by atoms with Gasteiger partial charge in [-0.1, -0.05) is 65.5 Å². The summed E-state index contributed by atoms with van der Waals surface area (Å²) in [5, 5.41) is 0. The monoisotopic (exact) mass is 340 g/mol. The van der Waals surface area contributed by atoms with Crippen LogP contribution in [0.4, 0.5) is 0 Å². The number of rotatable bonds is 13. The fourth-order valence-corrected chi connectivity index (χ4v) is 1.92. The Morgan fingerprint density at radius 1 is 0.875 bits per heavy atom. The van der Waals surface area contributed by atoms with E-state index in [0.717, 1.165) is 25.7 Å². The number of esters is 2. The molecule has 4 nitrogen and oxygen atoms in total. The fraction of sp³-hybridized carbons (Fsp3) is 0.700. The average molecular weight is 341 g/mol. The highest BCUT2D eigenvalue weighted by molar-refractivity contribution is 5.81. The molecule has 0 rings (SSSR count). The maximum Gasteiger partial charge on any atom is 0.330 e. The first-order chi connectivity index (χ1) is 11.5. The lowest BCUT2D eigenvalue weighted by Crippen LogP contribution is -2.12. The number of carbonyl (C=O) groups is 2. The zero-order valence-electron chi connectivity index (χ0n) is 15.9. The van der Waals surface area contributed by atoms with Gasteiger partial charge in [0.05, 0.1) is 12.7 Å². The van der Waals surface area contributed by atoms with Crippen molar-refractivity contribution in [3.8, 4) is 0 Å². The predicted octanol–water partition coefficient (Wildman–Crippen LogP) is 5.37. The van der Waals surface area contributed by atoms with Crippen molar-refractivity contribution in [3.63, 3.8) is 0 Å². The standard InChI is InChI=1S/2C10H18O2/c1-4-6-7-8-9(3)12-10(11)5-2;1-3-5-6-7-8-9-12-10(11)4-2/h5,9H,2,4,6-8H2,1,3H3;4H,2-3,5-9H2,1H3. The molecule has 0 aliphatic carbocycles. The van der Waals surface area contributed by atoms with Gasteiger partial charge >= 0.3 is 11.9 Å². The van der Waals surface area contributed by atoms with Crippen LogP contribution in [0.2, 0.25) is 0 Å². The van der Waals surface area contributed by atoms with Gasteiger partial charge < -0.3 is 9.47 Å². The summed E-state index contributed by atoms with van der Waals surface area (Å²) in [7, 11) is 0. The van der Waals surface area contributed by atoms with Crippen LogP contribution in [-0.4, -0.2) is 24.6 Å². The maximum atomic E-state index is 10.7. The van der Waals surface area contributed by atoms with E-state index < -0.39 is 0 Å². The van der Waals surface area contributed by atoms with E-state index in [-0.39, 0.29) is 18.0 Å². The van der Waals surface area contributed by atoms with Gasteiger partial charge in [-0.05, 0) is 26.2 Å². The summed E-state index contributed by atoms with van der Waals surface area (Å²) < 4.78 is 9.80. The molecule has 0 amide bonds. The Kier molecular flexibility index (Phi) is 20.0. The Bertz CT molecular complexity index is 337. The third kappa shape index (κ3) is 20.4. The number of hydrogen-bond acceptors (Lipinski definition) is 4. The summed E-state index contributed by atoms with van der Waals surface area (Å²) in [4.78, 5) is 21.3. The van der Waals surface area contributed by atoms with Crippen molar-refractivity contribution < 1.29 is 19.1 Å². The van der Waals surface area contributed by atoms with E-state index in [1.54, 1.807) is 0 Å². The molecule has 0 aromatic heterocycles. The van der Waals surface area contributed by atoms with Crippen LogP contribution in [-0.2, 0) is 19.1 Å². The smallest absolute Gasteiger partial charge is 0.330 e. The molecule has 1 unspecified atom stereocenters. The van der Waals surface area contributed by atoms with Gasteiger partial charge in [0.1, 0.15) is 0 Å². The third-order valence-electron chi connectivity index (χ3n) is 3.36. The zero-order valence-corrected chi connectivity index (χ0v) is 15.9. The van der Waals surface area contributed by atoms with Crippen molar-refractivity contribution in [2.75, 3.05) is 6.61 Å². The minimum Gasteiger partial charge on any atom is -0.463 e. The molecule has 0 heterocycles. The minimum absolute atomic E-state index is 0.0297. The van der Waals surface area contributed by atoms with Crippen molar-refractivity contribution in [2.45, 2.75) is 84.7 Å². The van der Waals surface area contributed by atoms with Crippen molar-refractivity contribution in [3.05, 3.63) is 25.3 Å². The molecule has 0 saturated carbocycles. The van der Waals surface area contributed by atoms with Crippen LogP contribution in [0.1, 0.15) is 78.6 Å². The quantitative estimate of drug-likeness (QED) is 0.257. The van der Waals surface area contributed by atoms with Gasteiger partial charge in [0.2, 0.25) is 0 Å². The molecule has 0 aromatic carbocycles. The maximum absolute atomic E-state index is 10.7. The molecule has 0 fully saturated rings. The van der Waals surface area contributed by atoms with Gasteiger partial charge in [0.25, 0.3) is 0 Å². The molecular formula is C20H36O4. The Hall–Kier alpha value is -1.58. The van der Waals surface area contributed by atoms with Crippen molar-refractivity contribution in [2.24, 2.45) is 0 Å². The lowest BCUT2D eigenvalue weighted by molar-refractivity contribution is -0.142. The fourth-order valence-electron chi connectivity index (χ4n) is 1.92. The van der Waals surface area contributed by atoms with Crippen molar-refractivity contribution >= 4 is 11.9 Å². The topological polar surface area (TPSA) is 52.6 Å². The molecule has 0 radical (unpaired) electrons. The van der Waals surface area contributed by atoms with Crippen LogP contribution in [0, 0.1) is 0 Å². The summed E-state index contributed by atoms with van der Waals surface area (Å²) in [6.45, 7) is 13.4. The number of ether oxygens (including phenoxy) is 2. The molecule has 140 valence electrons. The zero-order chi connectivity index (χ0) is 18.6. The summed E-state index contributed by atoms with van der Waals surface area (Å²) in [6, 6.07) is 0. The molecule has 0 aromatic rings. The van der Waals surface area contributed by atoms with Gasteiger partial charge in [-0.2, -0.15) is 0 Å². The molecular weight excluding hydrogens is 304 g/mol. The van der Waals surface area contributed by atoms with E-state index in [1.165, 1.54) is 44.3 Å². The van der Waals surface area contributed by atoms with Crippen LogP contribution in [0.15, 0.2) is 25.3 Å². The highest BCUT2D eigenvalue weighted by Crippen LogP contribution is 2.06. The second-order valence-electron chi connectivity index (χ2n) is 5.73.